The molecule has 5 nitrogen and oxygen atoms in total. The van der Waals surface area contributed by atoms with E-state index >= 15 is 0 Å². The Morgan fingerprint density at radius 2 is 1.91 bits per heavy atom. The molecule has 1 aromatic heterocycles. The van der Waals surface area contributed by atoms with Gasteiger partial charge in [0.25, 0.3) is 0 Å². The van der Waals surface area contributed by atoms with Gasteiger partial charge in [-0.15, -0.1) is 37.2 Å². The first-order chi connectivity index (χ1) is 9.83. The lowest BCUT2D eigenvalue weighted by molar-refractivity contribution is -0.134. The molecular formula is C15H25Cl3N4O. The van der Waals surface area contributed by atoms with Crippen LogP contribution in [-0.4, -0.2) is 59.5 Å². The van der Waals surface area contributed by atoms with Crippen molar-refractivity contribution < 1.29 is 4.79 Å². The number of carbonyl (C=O) groups excluding carboxylic acids is 1. The van der Waals surface area contributed by atoms with Crippen molar-refractivity contribution >= 4 is 43.1 Å². The Kier molecular flexibility index (Phi) is 10.8. The zero-order valence-electron chi connectivity index (χ0n) is 13.0. The third kappa shape index (κ3) is 6.08. The van der Waals surface area contributed by atoms with E-state index in [9.17, 15) is 4.79 Å². The maximum Gasteiger partial charge on any atom is 0.239 e. The number of rotatable bonds is 3. The van der Waals surface area contributed by atoms with Crippen LogP contribution in [0.3, 0.4) is 0 Å². The minimum atomic E-state index is 0. The molecule has 0 aromatic carbocycles. The Morgan fingerprint density at radius 1 is 1.17 bits per heavy atom. The standard InChI is InChI=1S/C15H22N4O.3ClH/c20-15(14-5-3-7-17-14)19-10-8-18(9-11-19)12-13-4-1-2-6-16-13;;;/h1-2,4,6,14,17H,3,5,7-12H2;3*1H/t14-;;;/m0.../s1. The van der Waals surface area contributed by atoms with E-state index in [1.807, 2.05) is 23.2 Å². The van der Waals surface area contributed by atoms with Gasteiger partial charge in [0.2, 0.25) is 5.91 Å². The van der Waals surface area contributed by atoms with Gasteiger partial charge >= 0.3 is 0 Å². The summed E-state index contributed by atoms with van der Waals surface area (Å²) in [5.74, 6) is 0.292. The van der Waals surface area contributed by atoms with Crippen molar-refractivity contribution in [3.8, 4) is 0 Å². The van der Waals surface area contributed by atoms with Crippen LogP contribution in [-0.2, 0) is 11.3 Å². The molecule has 2 saturated heterocycles. The lowest BCUT2D eigenvalue weighted by Crippen LogP contribution is -2.52. The smallest absolute Gasteiger partial charge is 0.239 e. The normalized spacial score (nSPS) is 20.9. The van der Waals surface area contributed by atoms with E-state index < -0.39 is 0 Å². The number of pyridine rings is 1. The maximum absolute atomic E-state index is 12.3. The highest BCUT2D eigenvalue weighted by Crippen LogP contribution is 2.12. The van der Waals surface area contributed by atoms with Crippen LogP contribution >= 0.6 is 37.2 Å². The van der Waals surface area contributed by atoms with Crippen molar-refractivity contribution in [3.05, 3.63) is 30.1 Å². The average Bonchev–Trinajstić information content (AvgIpc) is 3.03. The lowest BCUT2D eigenvalue weighted by Gasteiger charge is -2.35. The second-order valence-corrected chi connectivity index (χ2v) is 5.57. The van der Waals surface area contributed by atoms with Crippen LogP contribution in [0, 0.1) is 0 Å². The van der Waals surface area contributed by atoms with Crippen LogP contribution in [0.25, 0.3) is 0 Å². The number of carbonyl (C=O) groups is 1. The van der Waals surface area contributed by atoms with E-state index in [0.717, 1.165) is 57.8 Å². The molecule has 1 atom stereocenters. The highest BCUT2D eigenvalue weighted by Gasteiger charge is 2.29. The Balaban J connectivity index is 0.00000161. The Labute approximate surface area is 156 Å². The van der Waals surface area contributed by atoms with Crippen LogP contribution in [0.5, 0.6) is 0 Å². The molecule has 0 saturated carbocycles. The monoisotopic (exact) mass is 382 g/mol. The molecule has 132 valence electrons. The number of amides is 1. The van der Waals surface area contributed by atoms with Crippen molar-refractivity contribution in [1.29, 1.82) is 0 Å². The van der Waals surface area contributed by atoms with Crippen LogP contribution < -0.4 is 5.32 Å². The van der Waals surface area contributed by atoms with Crippen LogP contribution in [0.4, 0.5) is 0 Å². The number of halogens is 3. The van der Waals surface area contributed by atoms with E-state index in [-0.39, 0.29) is 43.3 Å². The highest BCUT2D eigenvalue weighted by molar-refractivity contribution is 5.86. The van der Waals surface area contributed by atoms with Crippen LogP contribution in [0.2, 0.25) is 0 Å². The summed E-state index contributed by atoms with van der Waals surface area (Å²) in [5.41, 5.74) is 1.10. The molecule has 0 unspecified atom stereocenters. The molecule has 0 spiro atoms. The SMILES string of the molecule is Cl.Cl.Cl.O=C([C@@H]1CCCN1)N1CCN(Cc2ccccn2)CC1. The number of hydrogen-bond acceptors (Lipinski definition) is 4. The van der Waals surface area contributed by atoms with Gasteiger partial charge in [-0.25, -0.2) is 0 Å². The first-order valence-corrected chi connectivity index (χ1v) is 7.47. The van der Waals surface area contributed by atoms with E-state index in [2.05, 4.69) is 21.3 Å². The summed E-state index contributed by atoms with van der Waals surface area (Å²) in [5, 5.41) is 3.29. The zero-order valence-corrected chi connectivity index (χ0v) is 15.5. The molecule has 0 bridgehead atoms. The number of nitrogens with one attached hydrogen (secondary N) is 1. The quantitative estimate of drug-likeness (QED) is 0.864. The molecule has 3 rings (SSSR count). The van der Waals surface area contributed by atoms with Crippen LogP contribution in [0.15, 0.2) is 24.4 Å². The fourth-order valence-corrected chi connectivity index (χ4v) is 2.96. The third-order valence-corrected chi connectivity index (χ3v) is 4.15. The third-order valence-electron chi connectivity index (χ3n) is 4.15. The van der Waals surface area contributed by atoms with E-state index in [1.165, 1.54) is 0 Å². The molecule has 8 heteroatoms. The van der Waals surface area contributed by atoms with E-state index in [1.54, 1.807) is 0 Å². The van der Waals surface area contributed by atoms with Gasteiger partial charge in [-0.2, -0.15) is 0 Å². The minimum absolute atomic E-state index is 0. The molecule has 1 amide bonds. The zero-order chi connectivity index (χ0) is 13.8. The molecule has 3 heterocycles. The summed E-state index contributed by atoms with van der Waals surface area (Å²) < 4.78 is 0. The molecule has 0 aliphatic carbocycles. The maximum atomic E-state index is 12.3. The minimum Gasteiger partial charge on any atom is -0.339 e. The van der Waals surface area contributed by atoms with Gasteiger partial charge in [-0.1, -0.05) is 6.07 Å². The summed E-state index contributed by atoms with van der Waals surface area (Å²) in [4.78, 5) is 21.0. The van der Waals surface area contributed by atoms with Crippen molar-refractivity contribution in [2.45, 2.75) is 25.4 Å². The van der Waals surface area contributed by atoms with Crippen molar-refractivity contribution in [1.82, 2.24) is 20.1 Å². The summed E-state index contributed by atoms with van der Waals surface area (Å²) in [6, 6.07) is 6.08. The first kappa shape index (κ1) is 22.4. The number of hydrogen-bond donors (Lipinski definition) is 1. The van der Waals surface area contributed by atoms with Gasteiger partial charge in [0.1, 0.15) is 0 Å². The molecule has 1 N–H and O–H groups in total. The van der Waals surface area contributed by atoms with E-state index in [0.29, 0.717) is 5.91 Å². The molecular weight excluding hydrogens is 359 g/mol. The second-order valence-electron chi connectivity index (χ2n) is 5.57. The Bertz CT molecular complexity index is 449. The lowest BCUT2D eigenvalue weighted by atomic mass is 10.2. The fourth-order valence-electron chi connectivity index (χ4n) is 2.96. The van der Waals surface area contributed by atoms with Crippen molar-refractivity contribution in [3.63, 3.8) is 0 Å². The Morgan fingerprint density at radius 3 is 2.48 bits per heavy atom. The number of nitrogens with zero attached hydrogens (tertiary/aromatic N) is 3. The van der Waals surface area contributed by atoms with Gasteiger partial charge in [0, 0.05) is 38.9 Å². The summed E-state index contributed by atoms with van der Waals surface area (Å²) in [6.07, 6.45) is 3.95. The number of piperazine rings is 1. The number of aromatic nitrogens is 1. The van der Waals surface area contributed by atoms with Gasteiger partial charge in [-0.3, -0.25) is 14.7 Å². The largest absolute Gasteiger partial charge is 0.339 e. The predicted octanol–water partition coefficient (Wildman–Crippen LogP) is 1.74. The van der Waals surface area contributed by atoms with Gasteiger partial charge < -0.3 is 10.2 Å². The average molecular weight is 384 g/mol. The summed E-state index contributed by atoms with van der Waals surface area (Å²) >= 11 is 0. The predicted molar refractivity (Wildman–Crippen MR) is 98.9 cm³/mol. The molecule has 2 aliphatic rings. The fraction of sp³-hybridized carbons (Fsp3) is 0.600. The first-order valence-electron chi connectivity index (χ1n) is 7.47. The van der Waals surface area contributed by atoms with Gasteiger partial charge in [-0.05, 0) is 31.5 Å². The molecule has 0 radical (unpaired) electrons. The summed E-state index contributed by atoms with van der Waals surface area (Å²) in [6.45, 7) is 5.42. The second kappa shape index (κ2) is 11.0. The van der Waals surface area contributed by atoms with Gasteiger partial charge in [0.05, 0.1) is 11.7 Å². The van der Waals surface area contributed by atoms with E-state index in [4.69, 9.17) is 0 Å². The van der Waals surface area contributed by atoms with Gasteiger partial charge in [0.15, 0.2) is 0 Å². The summed E-state index contributed by atoms with van der Waals surface area (Å²) in [7, 11) is 0. The molecule has 1 aromatic rings. The Hall–Kier alpha value is -0.590. The molecule has 2 fully saturated rings. The highest BCUT2D eigenvalue weighted by atomic mass is 35.5. The molecule has 2 aliphatic heterocycles. The van der Waals surface area contributed by atoms with Crippen molar-refractivity contribution in [2.75, 3.05) is 32.7 Å². The van der Waals surface area contributed by atoms with Crippen LogP contribution in [0.1, 0.15) is 18.5 Å². The molecule has 23 heavy (non-hydrogen) atoms. The van der Waals surface area contributed by atoms with Crippen molar-refractivity contribution in [2.24, 2.45) is 0 Å². The topological polar surface area (TPSA) is 48.5 Å².